The van der Waals surface area contributed by atoms with Gasteiger partial charge in [-0.3, -0.25) is 0 Å². The zero-order valence-electron chi connectivity index (χ0n) is 9.68. The molecule has 18 heavy (non-hydrogen) atoms. The lowest BCUT2D eigenvalue weighted by Crippen LogP contribution is -2.27. The van der Waals surface area contributed by atoms with Gasteiger partial charge in [-0.2, -0.15) is 0 Å². The lowest BCUT2D eigenvalue weighted by molar-refractivity contribution is 0.578. The van der Waals surface area contributed by atoms with Crippen LogP contribution in [-0.4, -0.2) is 19.4 Å². The van der Waals surface area contributed by atoms with Gasteiger partial charge in [0.05, 0.1) is 5.02 Å². The Morgan fingerprint density at radius 1 is 1.56 bits per heavy atom. The molecule has 0 radical (unpaired) electrons. The van der Waals surface area contributed by atoms with Gasteiger partial charge in [0.25, 0.3) is 0 Å². The van der Waals surface area contributed by atoms with Gasteiger partial charge in [-0.15, -0.1) is 0 Å². The third-order valence-electron chi connectivity index (χ3n) is 2.92. The average molecular weight is 305 g/mol. The summed E-state index contributed by atoms with van der Waals surface area (Å²) in [5.74, 6) is 0.373. The molecule has 1 aromatic rings. The van der Waals surface area contributed by atoms with Gasteiger partial charge in [0.2, 0.25) is 10.0 Å². The Bertz CT molecular complexity index is 601. The Morgan fingerprint density at radius 2 is 2.17 bits per heavy atom. The zero-order chi connectivity index (χ0) is 13.5. The van der Waals surface area contributed by atoms with Crippen molar-refractivity contribution < 1.29 is 8.42 Å². The summed E-state index contributed by atoms with van der Waals surface area (Å²) in [7, 11) is -3.61. The van der Waals surface area contributed by atoms with Crippen LogP contribution in [0.15, 0.2) is 23.1 Å². The molecular formula is C11H13ClN2O2S2. The number of nitrogens with one attached hydrogen (secondary N) is 1. The maximum Gasteiger partial charge on any atom is 0.242 e. The van der Waals surface area contributed by atoms with E-state index in [4.69, 9.17) is 29.6 Å². The van der Waals surface area contributed by atoms with Crippen LogP contribution in [0.25, 0.3) is 0 Å². The van der Waals surface area contributed by atoms with Crippen LogP contribution in [0.3, 0.4) is 0 Å². The summed E-state index contributed by atoms with van der Waals surface area (Å²) >= 11 is 10.7. The van der Waals surface area contributed by atoms with Gasteiger partial charge in [0.1, 0.15) is 9.88 Å². The fourth-order valence-electron chi connectivity index (χ4n) is 1.61. The highest BCUT2D eigenvalue weighted by molar-refractivity contribution is 7.89. The quantitative estimate of drug-likeness (QED) is 0.830. The summed E-state index contributed by atoms with van der Waals surface area (Å²) in [5, 5.41) is 0.163. The summed E-state index contributed by atoms with van der Waals surface area (Å²) in [6.07, 6.45) is 0.853. The van der Waals surface area contributed by atoms with Crippen molar-refractivity contribution in [2.75, 3.05) is 0 Å². The molecule has 98 valence electrons. The second-order valence-corrected chi connectivity index (χ2v) is 6.98. The fraction of sp³-hybridized carbons (Fsp3) is 0.364. The van der Waals surface area contributed by atoms with E-state index in [0.29, 0.717) is 11.5 Å². The van der Waals surface area contributed by atoms with Gasteiger partial charge >= 0.3 is 0 Å². The van der Waals surface area contributed by atoms with Crippen molar-refractivity contribution >= 4 is 38.8 Å². The van der Waals surface area contributed by atoms with Crippen LogP contribution >= 0.6 is 23.8 Å². The molecule has 1 aliphatic rings. The maximum absolute atomic E-state index is 12.1. The van der Waals surface area contributed by atoms with E-state index in [0.717, 1.165) is 6.42 Å². The van der Waals surface area contributed by atoms with Crippen molar-refractivity contribution in [3.63, 3.8) is 0 Å². The Morgan fingerprint density at radius 3 is 2.67 bits per heavy atom. The van der Waals surface area contributed by atoms with E-state index in [2.05, 4.69) is 4.72 Å². The molecule has 2 rings (SSSR count). The molecule has 2 unspecified atom stereocenters. The molecule has 7 heteroatoms. The Hall–Kier alpha value is -0.690. The van der Waals surface area contributed by atoms with Crippen molar-refractivity contribution in [3.8, 4) is 0 Å². The van der Waals surface area contributed by atoms with Crippen LogP contribution in [0.2, 0.25) is 5.02 Å². The Labute approximate surface area is 117 Å². The van der Waals surface area contributed by atoms with Crippen LogP contribution in [0.5, 0.6) is 0 Å². The first-order chi connectivity index (χ1) is 8.31. The third-order valence-corrected chi connectivity index (χ3v) is 5.13. The second-order valence-electron chi connectivity index (χ2n) is 4.45. The Balaban J connectivity index is 2.36. The normalized spacial score (nSPS) is 22.8. The molecule has 0 spiro atoms. The van der Waals surface area contributed by atoms with Gasteiger partial charge in [-0.1, -0.05) is 36.8 Å². The van der Waals surface area contributed by atoms with Crippen molar-refractivity contribution in [2.24, 2.45) is 11.7 Å². The largest absolute Gasteiger partial charge is 0.389 e. The predicted molar refractivity (Wildman–Crippen MR) is 75.2 cm³/mol. The average Bonchev–Trinajstić information content (AvgIpc) is 2.93. The minimum atomic E-state index is -3.61. The van der Waals surface area contributed by atoms with E-state index < -0.39 is 10.0 Å². The first kappa shape index (κ1) is 13.7. The van der Waals surface area contributed by atoms with E-state index >= 15 is 0 Å². The highest BCUT2D eigenvalue weighted by Gasteiger charge is 2.37. The van der Waals surface area contributed by atoms with Gasteiger partial charge in [-0.05, 0) is 24.5 Å². The molecule has 1 aliphatic carbocycles. The first-order valence-electron chi connectivity index (χ1n) is 5.43. The highest BCUT2D eigenvalue weighted by atomic mass is 35.5. The van der Waals surface area contributed by atoms with Crippen molar-refractivity contribution in [2.45, 2.75) is 24.3 Å². The molecule has 0 aliphatic heterocycles. The third kappa shape index (κ3) is 2.83. The molecule has 0 bridgehead atoms. The Kier molecular flexibility index (Phi) is 3.64. The molecule has 1 fully saturated rings. The maximum atomic E-state index is 12.1. The van der Waals surface area contributed by atoms with E-state index in [9.17, 15) is 8.42 Å². The number of sulfonamides is 1. The summed E-state index contributed by atoms with van der Waals surface area (Å²) in [6.45, 7) is 1.99. The van der Waals surface area contributed by atoms with Crippen LogP contribution < -0.4 is 10.5 Å². The van der Waals surface area contributed by atoms with Crippen LogP contribution in [-0.2, 0) is 10.0 Å². The predicted octanol–water partition coefficient (Wildman–Crippen LogP) is 1.66. The van der Waals surface area contributed by atoms with Gasteiger partial charge in [-0.25, -0.2) is 13.1 Å². The molecule has 0 aromatic heterocycles. The summed E-state index contributed by atoms with van der Waals surface area (Å²) < 4.78 is 26.9. The van der Waals surface area contributed by atoms with Crippen molar-refractivity contribution in [1.29, 1.82) is 0 Å². The molecule has 4 nitrogen and oxygen atoms in total. The standard InChI is InChI=1S/C11H13ClN2O2S2/c1-6-4-9(6)14-18(15,16)10-5-7(11(13)17)2-3-8(10)12/h2-3,5-6,9,14H,4H2,1H3,(H2,13,17). The van der Waals surface area contributed by atoms with Gasteiger partial charge < -0.3 is 5.73 Å². The second kappa shape index (κ2) is 4.77. The number of hydrogen-bond donors (Lipinski definition) is 2. The zero-order valence-corrected chi connectivity index (χ0v) is 12.1. The topological polar surface area (TPSA) is 72.2 Å². The van der Waals surface area contributed by atoms with Gasteiger partial charge in [0.15, 0.2) is 0 Å². The molecule has 3 N–H and O–H groups in total. The van der Waals surface area contributed by atoms with E-state index in [1.165, 1.54) is 12.1 Å². The number of nitrogens with two attached hydrogens (primary N) is 1. The highest BCUT2D eigenvalue weighted by Crippen LogP contribution is 2.32. The monoisotopic (exact) mass is 304 g/mol. The molecule has 2 atom stereocenters. The van der Waals surface area contributed by atoms with E-state index in [1.54, 1.807) is 6.07 Å². The number of rotatable bonds is 4. The summed E-state index contributed by atoms with van der Waals surface area (Å²) in [4.78, 5) is 0.163. The van der Waals surface area contributed by atoms with Crippen molar-refractivity contribution in [3.05, 3.63) is 28.8 Å². The molecule has 0 heterocycles. The molecule has 0 amide bonds. The van der Waals surface area contributed by atoms with E-state index in [-0.39, 0.29) is 20.9 Å². The van der Waals surface area contributed by atoms with Crippen LogP contribution in [0, 0.1) is 5.92 Å². The molecule has 1 saturated carbocycles. The van der Waals surface area contributed by atoms with Gasteiger partial charge in [0, 0.05) is 11.6 Å². The number of hydrogen-bond acceptors (Lipinski definition) is 3. The number of halogens is 1. The molecule has 0 saturated heterocycles. The van der Waals surface area contributed by atoms with Crippen molar-refractivity contribution in [1.82, 2.24) is 4.72 Å². The minimum Gasteiger partial charge on any atom is -0.389 e. The lowest BCUT2D eigenvalue weighted by atomic mass is 10.2. The lowest BCUT2D eigenvalue weighted by Gasteiger charge is -2.09. The first-order valence-corrected chi connectivity index (χ1v) is 7.70. The fourth-order valence-corrected chi connectivity index (χ4v) is 3.62. The van der Waals surface area contributed by atoms with E-state index in [1.807, 2.05) is 6.92 Å². The smallest absolute Gasteiger partial charge is 0.242 e. The number of thiocarbonyl (C=S) groups is 1. The van der Waals surface area contributed by atoms with Crippen LogP contribution in [0.1, 0.15) is 18.9 Å². The molecular weight excluding hydrogens is 292 g/mol. The SMILES string of the molecule is CC1CC1NS(=O)(=O)c1cc(C(N)=S)ccc1Cl. The summed E-state index contributed by atoms with van der Waals surface area (Å²) in [6, 6.07) is 4.49. The molecule has 1 aromatic carbocycles. The van der Waals surface area contributed by atoms with Crippen LogP contribution in [0.4, 0.5) is 0 Å². The minimum absolute atomic E-state index is 0.000416. The number of benzene rings is 1. The summed E-state index contributed by atoms with van der Waals surface area (Å²) in [5.41, 5.74) is 5.97.